The number of carboxylic acids is 1. The van der Waals surface area contributed by atoms with Gasteiger partial charge in [-0.3, -0.25) is 0 Å². The lowest BCUT2D eigenvalue weighted by atomic mass is 10.1. The van der Waals surface area contributed by atoms with Gasteiger partial charge in [0.2, 0.25) is 0 Å². The summed E-state index contributed by atoms with van der Waals surface area (Å²) < 4.78 is 0. The molecule has 0 spiro atoms. The molecule has 0 aliphatic rings. The van der Waals surface area contributed by atoms with E-state index in [-0.39, 0.29) is 5.56 Å². The molecule has 0 amide bonds. The van der Waals surface area contributed by atoms with Crippen molar-refractivity contribution in [2.24, 2.45) is 0 Å². The maximum absolute atomic E-state index is 11.1. The second kappa shape index (κ2) is 6.39. The number of nitrogens with zero attached hydrogens (tertiary/aromatic N) is 1. The number of pyridine rings is 1. The van der Waals surface area contributed by atoms with E-state index in [0.717, 1.165) is 18.5 Å². The molecule has 0 bridgehead atoms. The Kier molecular flexibility index (Phi) is 4.58. The van der Waals surface area contributed by atoms with E-state index in [4.69, 9.17) is 16.7 Å². The first-order valence-corrected chi connectivity index (χ1v) is 6.73. The molecule has 0 fully saturated rings. The van der Waals surface area contributed by atoms with E-state index < -0.39 is 5.97 Å². The van der Waals surface area contributed by atoms with E-state index in [2.05, 4.69) is 10.3 Å². The number of carbonyl (C=O) groups is 1. The first-order valence-electron chi connectivity index (χ1n) is 6.36. The highest BCUT2D eigenvalue weighted by atomic mass is 35.5. The first-order chi connectivity index (χ1) is 9.60. The van der Waals surface area contributed by atoms with Crippen molar-refractivity contribution in [2.75, 3.05) is 5.32 Å². The van der Waals surface area contributed by atoms with E-state index >= 15 is 0 Å². The van der Waals surface area contributed by atoms with Crippen LogP contribution in [0.3, 0.4) is 0 Å². The Morgan fingerprint density at radius 1 is 1.35 bits per heavy atom. The van der Waals surface area contributed by atoms with E-state index in [1.54, 1.807) is 12.1 Å². The zero-order chi connectivity index (χ0) is 14.5. The van der Waals surface area contributed by atoms with Crippen LogP contribution < -0.4 is 5.32 Å². The van der Waals surface area contributed by atoms with Crippen LogP contribution in [0.4, 0.5) is 11.5 Å². The lowest BCUT2D eigenvalue weighted by Crippen LogP contribution is -2.04. The van der Waals surface area contributed by atoms with Crippen LogP contribution in [0.2, 0.25) is 5.02 Å². The average molecular weight is 291 g/mol. The second-order valence-electron chi connectivity index (χ2n) is 4.39. The number of hydrogen-bond acceptors (Lipinski definition) is 3. The molecule has 0 radical (unpaired) electrons. The van der Waals surface area contributed by atoms with Crippen LogP contribution in [-0.4, -0.2) is 16.1 Å². The van der Waals surface area contributed by atoms with Gasteiger partial charge in [-0.25, -0.2) is 9.78 Å². The monoisotopic (exact) mass is 290 g/mol. The standard InChI is InChI=1S/C15H15ClN2O2/c1-2-5-11-8-10(15(19)20)9-14(17-11)18-13-7-4-3-6-12(13)16/h3-4,6-9H,2,5H2,1H3,(H,17,18)(H,19,20). The van der Waals surface area contributed by atoms with Crippen molar-refractivity contribution in [3.63, 3.8) is 0 Å². The normalized spacial score (nSPS) is 10.3. The third-order valence-electron chi connectivity index (χ3n) is 2.77. The fraction of sp³-hybridized carbons (Fsp3) is 0.200. The van der Waals surface area contributed by atoms with Crippen LogP contribution in [0.1, 0.15) is 29.4 Å². The molecule has 104 valence electrons. The van der Waals surface area contributed by atoms with Crippen LogP contribution in [0, 0.1) is 0 Å². The van der Waals surface area contributed by atoms with Crippen molar-refractivity contribution in [3.8, 4) is 0 Å². The lowest BCUT2D eigenvalue weighted by molar-refractivity contribution is 0.0696. The van der Waals surface area contributed by atoms with Crippen molar-refractivity contribution < 1.29 is 9.90 Å². The Balaban J connectivity index is 2.35. The molecule has 0 aliphatic heterocycles. The molecule has 1 aromatic heterocycles. The Hall–Kier alpha value is -2.07. The van der Waals surface area contributed by atoms with Crippen molar-refractivity contribution in [1.29, 1.82) is 0 Å². The zero-order valence-electron chi connectivity index (χ0n) is 11.1. The van der Waals surface area contributed by atoms with Gasteiger partial charge in [-0.05, 0) is 30.7 Å². The number of halogens is 1. The summed E-state index contributed by atoms with van der Waals surface area (Å²) in [6, 6.07) is 10.4. The summed E-state index contributed by atoms with van der Waals surface area (Å²) in [5.41, 5.74) is 1.67. The first kappa shape index (κ1) is 14.3. The smallest absolute Gasteiger partial charge is 0.335 e. The predicted molar refractivity (Wildman–Crippen MR) is 79.9 cm³/mol. The molecule has 5 heteroatoms. The number of benzene rings is 1. The summed E-state index contributed by atoms with van der Waals surface area (Å²) in [5.74, 6) is -0.478. The number of carboxylic acid groups (broad SMARTS) is 1. The Morgan fingerprint density at radius 3 is 2.75 bits per heavy atom. The summed E-state index contributed by atoms with van der Waals surface area (Å²) in [6.07, 6.45) is 1.64. The topological polar surface area (TPSA) is 62.2 Å². The molecule has 4 nitrogen and oxygen atoms in total. The molecule has 0 saturated carbocycles. The third kappa shape index (κ3) is 3.48. The van der Waals surface area contributed by atoms with Gasteiger partial charge in [-0.15, -0.1) is 0 Å². The number of hydrogen-bond donors (Lipinski definition) is 2. The summed E-state index contributed by atoms with van der Waals surface area (Å²) in [4.78, 5) is 15.6. The van der Waals surface area contributed by atoms with Gasteiger partial charge in [0.25, 0.3) is 0 Å². The summed E-state index contributed by atoms with van der Waals surface area (Å²) in [6.45, 7) is 2.02. The molecule has 1 aromatic carbocycles. The Labute approximate surface area is 122 Å². The van der Waals surface area contributed by atoms with Gasteiger partial charge in [0, 0.05) is 5.69 Å². The van der Waals surface area contributed by atoms with Gasteiger partial charge >= 0.3 is 5.97 Å². The number of aryl methyl sites for hydroxylation is 1. The minimum atomic E-state index is -0.966. The molecular formula is C15H15ClN2O2. The molecule has 2 aromatic rings. The SMILES string of the molecule is CCCc1cc(C(=O)O)cc(Nc2ccccc2Cl)n1. The van der Waals surface area contributed by atoms with Gasteiger partial charge in [0.1, 0.15) is 5.82 Å². The number of para-hydroxylation sites is 1. The summed E-state index contributed by atoms with van der Waals surface area (Å²) in [7, 11) is 0. The number of aromatic carboxylic acids is 1. The molecular weight excluding hydrogens is 276 g/mol. The predicted octanol–water partition coefficient (Wildman–Crippen LogP) is 4.13. The lowest BCUT2D eigenvalue weighted by Gasteiger charge is -2.10. The minimum Gasteiger partial charge on any atom is -0.478 e. The van der Waals surface area contributed by atoms with E-state index in [0.29, 0.717) is 16.5 Å². The molecule has 0 atom stereocenters. The molecule has 20 heavy (non-hydrogen) atoms. The minimum absolute atomic E-state index is 0.220. The van der Waals surface area contributed by atoms with Gasteiger partial charge in [-0.1, -0.05) is 37.1 Å². The molecule has 0 unspecified atom stereocenters. The van der Waals surface area contributed by atoms with Crippen LogP contribution in [-0.2, 0) is 6.42 Å². The molecule has 2 N–H and O–H groups in total. The second-order valence-corrected chi connectivity index (χ2v) is 4.80. The maximum atomic E-state index is 11.1. The maximum Gasteiger partial charge on any atom is 0.335 e. The van der Waals surface area contributed by atoms with Gasteiger partial charge in [0.05, 0.1) is 16.3 Å². The highest BCUT2D eigenvalue weighted by Crippen LogP contribution is 2.24. The highest BCUT2D eigenvalue weighted by Gasteiger charge is 2.09. The number of rotatable bonds is 5. The van der Waals surface area contributed by atoms with Gasteiger partial charge in [0.15, 0.2) is 0 Å². The highest BCUT2D eigenvalue weighted by molar-refractivity contribution is 6.33. The van der Waals surface area contributed by atoms with Crippen LogP contribution in [0.5, 0.6) is 0 Å². The van der Waals surface area contributed by atoms with E-state index in [1.807, 2.05) is 25.1 Å². The number of aromatic nitrogens is 1. The third-order valence-corrected chi connectivity index (χ3v) is 3.10. The fourth-order valence-corrected chi connectivity index (χ4v) is 2.04. The summed E-state index contributed by atoms with van der Waals surface area (Å²) >= 11 is 6.07. The molecule has 1 heterocycles. The van der Waals surface area contributed by atoms with Crippen molar-refractivity contribution in [3.05, 3.63) is 52.7 Å². The molecule has 0 aliphatic carbocycles. The van der Waals surface area contributed by atoms with Crippen LogP contribution in [0.15, 0.2) is 36.4 Å². The zero-order valence-corrected chi connectivity index (χ0v) is 11.8. The van der Waals surface area contributed by atoms with E-state index in [9.17, 15) is 4.79 Å². The molecule has 2 rings (SSSR count). The van der Waals surface area contributed by atoms with Crippen LogP contribution in [0.25, 0.3) is 0 Å². The van der Waals surface area contributed by atoms with Crippen LogP contribution >= 0.6 is 11.6 Å². The fourth-order valence-electron chi connectivity index (χ4n) is 1.86. The van der Waals surface area contributed by atoms with E-state index in [1.165, 1.54) is 6.07 Å². The quantitative estimate of drug-likeness (QED) is 0.869. The number of anilines is 2. The Bertz CT molecular complexity index is 629. The molecule has 0 saturated heterocycles. The van der Waals surface area contributed by atoms with Crippen molar-refractivity contribution >= 4 is 29.1 Å². The van der Waals surface area contributed by atoms with Gasteiger partial charge in [-0.2, -0.15) is 0 Å². The van der Waals surface area contributed by atoms with Crippen molar-refractivity contribution in [1.82, 2.24) is 4.98 Å². The van der Waals surface area contributed by atoms with Crippen molar-refractivity contribution in [2.45, 2.75) is 19.8 Å². The van der Waals surface area contributed by atoms with Gasteiger partial charge < -0.3 is 10.4 Å². The Morgan fingerprint density at radius 2 is 2.10 bits per heavy atom. The average Bonchev–Trinajstić information content (AvgIpc) is 2.41. The summed E-state index contributed by atoms with van der Waals surface area (Å²) in [5, 5.41) is 12.8. The largest absolute Gasteiger partial charge is 0.478 e. The number of nitrogens with one attached hydrogen (secondary N) is 1.